The molecule has 2 rings (SSSR count). The third kappa shape index (κ3) is 2.85. The molecule has 0 aliphatic carbocycles. The summed E-state index contributed by atoms with van der Waals surface area (Å²) in [5, 5.41) is 0. The zero-order valence-corrected chi connectivity index (χ0v) is 12.0. The summed E-state index contributed by atoms with van der Waals surface area (Å²) in [6, 6.07) is 1.38. The lowest BCUT2D eigenvalue weighted by atomic mass is 9.77. The number of likely N-dealkylation sites (tertiary alicyclic amines) is 1. The van der Waals surface area contributed by atoms with Gasteiger partial charge in [0.1, 0.15) is 0 Å². The van der Waals surface area contributed by atoms with E-state index in [0.717, 1.165) is 12.5 Å². The Kier molecular flexibility index (Phi) is 4.14. The van der Waals surface area contributed by atoms with Crippen molar-refractivity contribution < 1.29 is 4.74 Å². The first-order valence-corrected chi connectivity index (χ1v) is 7.44. The summed E-state index contributed by atoms with van der Waals surface area (Å²) in [4.78, 5) is 2.69. The van der Waals surface area contributed by atoms with Gasteiger partial charge in [-0.15, -0.1) is 0 Å². The molecule has 0 aromatic heterocycles. The quantitative estimate of drug-likeness (QED) is 0.732. The Morgan fingerprint density at radius 3 is 2.41 bits per heavy atom. The van der Waals surface area contributed by atoms with Gasteiger partial charge in [0.2, 0.25) is 0 Å². The number of nitrogens with zero attached hydrogens (tertiary/aromatic N) is 1. The van der Waals surface area contributed by atoms with Crippen LogP contribution in [0.4, 0.5) is 0 Å². The minimum atomic E-state index is 0.235. The molecule has 0 bridgehead atoms. The van der Waals surface area contributed by atoms with Crippen molar-refractivity contribution in [2.75, 3.05) is 13.2 Å². The van der Waals surface area contributed by atoms with Crippen molar-refractivity contribution in [1.29, 1.82) is 0 Å². The predicted molar refractivity (Wildman–Crippen MR) is 72.2 cm³/mol. The smallest absolute Gasteiger partial charge is 0.0709 e. The fourth-order valence-corrected chi connectivity index (χ4v) is 3.63. The zero-order valence-electron chi connectivity index (χ0n) is 12.0. The van der Waals surface area contributed by atoms with Gasteiger partial charge in [-0.25, -0.2) is 0 Å². The van der Waals surface area contributed by atoms with Crippen molar-refractivity contribution in [3.8, 4) is 0 Å². The largest absolute Gasteiger partial charge is 0.375 e. The highest BCUT2D eigenvalue weighted by Gasteiger charge is 2.42. The number of piperidine rings is 1. The summed E-state index contributed by atoms with van der Waals surface area (Å²) in [6.07, 6.45) is 6.42. The molecule has 2 aliphatic heterocycles. The average molecular weight is 239 g/mol. The molecule has 17 heavy (non-hydrogen) atoms. The molecule has 2 saturated heterocycles. The molecular weight excluding hydrogens is 210 g/mol. The molecule has 0 N–H and O–H groups in total. The van der Waals surface area contributed by atoms with Crippen molar-refractivity contribution in [2.45, 2.75) is 77.5 Å². The fourth-order valence-electron chi connectivity index (χ4n) is 3.63. The summed E-state index contributed by atoms with van der Waals surface area (Å²) >= 11 is 0. The minimum Gasteiger partial charge on any atom is -0.375 e. The zero-order chi connectivity index (χ0) is 12.5. The van der Waals surface area contributed by atoms with Crippen LogP contribution in [0.3, 0.4) is 0 Å². The van der Waals surface area contributed by atoms with Gasteiger partial charge in [0.05, 0.1) is 5.60 Å². The maximum Gasteiger partial charge on any atom is 0.0709 e. The van der Waals surface area contributed by atoms with E-state index in [2.05, 4.69) is 32.6 Å². The van der Waals surface area contributed by atoms with Gasteiger partial charge in [-0.1, -0.05) is 13.8 Å². The van der Waals surface area contributed by atoms with E-state index in [1.54, 1.807) is 0 Å². The lowest BCUT2D eigenvalue weighted by molar-refractivity contribution is -0.134. The first-order chi connectivity index (χ1) is 8.04. The van der Waals surface area contributed by atoms with E-state index in [-0.39, 0.29) is 5.60 Å². The molecule has 0 amide bonds. The monoisotopic (exact) mass is 239 g/mol. The fraction of sp³-hybridized carbons (Fsp3) is 1.00. The van der Waals surface area contributed by atoms with Crippen LogP contribution in [0.5, 0.6) is 0 Å². The maximum atomic E-state index is 6.19. The lowest BCUT2D eigenvalue weighted by Gasteiger charge is -2.51. The molecule has 1 spiro atoms. The summed E-state index contributed by atoms with van der Waals surface area (Å²) in [5.41, 5.74) is 0.235. The van der Waals surface area contributed by atoms with Gasteiger partial charge in [-0.3, -0.25) is 4.90 Å². The summed E-state index contributed by atoms with van der Waals surface area (Å²) < 4.78 is 6.19. The van der Waals surface area contributed by atoms with Gasteiger partial charge in [0.15, 0.2) is 0 Å². The highest BCUT2D eigenvalue weighted by Crippen LogP contribution is 2.39. The third-order valence-electron chi connectivity index (χ3n) is 4.70. The van der Waals surface area contributed by atoms with Gasteiger partial charge in [-0.05, 0) is 51.9 Å². The normalized spacial score (nSPS) is 36.0. The second-order valence-corrected chi connectivity index (χ2v) is 6.59. The van der Waals surface area contributed by atoms with Crippen LogP contribution < -0.4 is 0 Å². The Labute approximate surface area is 107 Å². The molecule has 2 nitrogen and oxygen atoms in total. The maximum absolute atomic E-state index is 6.19. The molecule has 2 aliphatic rings. The van der Waals surface area contributed by atoms with E-state index in [4.69, 9.17) is 4.74 Å². The lowest BCUT2D eigenvalue weighted by Crippen LogP contribution is -2.56. The molecule has 2 heteroatoms. The van der Waals surface area contributed by atoms with Crippen molar-refractivity contribution in [3.05, 3.63) is 0 Å². The summed E-state index contributed by atoms with van der Waals surface area (Å²) in [6.45, 7) is 11.6. The number of hydrogen-bond donors (Lipinski definition) is 0. The molecule has 0 aromatic carbocycles. The van der Waals surface area contributed by atoms with Crippen LogP contribution in [-0.2, 0) is 4.74 Å². The third-order valence-corrected chi connectivity index (χ3v) is 4.70. The highest BCUT2D eigenvalue weighted by molar-refractivity contribution is 4.96. The molecule has 100 valence electrons. The standard InChI is InChI=1S/C15H29NO/c1-12(2)14-11-15(7-5-6-10-17-15)8-9-16(14)13(3)4/h12-14H,5-11H2,1-4H3. The van der Waals surface area contributed by atoms with Crippen LogP contribution in [0.25, 0.3) is 0 Å². The van der Waals surface area contributed by atoms with Crippen molar-refractivity contribution in [2.24, 2.45) is 5.92 Å². The van der Waals surface area contributed by atoms with Gasteiger partial charge < -0.3 is 4.74 Å². The molecule has 0 aromatic rings. The first-order valence-electron chi connectivity index (χ1n) is 7.44. The molecule has 2 heterocycles. The van der Waals surface area contributed by atoms with E-state index in [1.165, 1.54) is 38.6 Å². The number of ether oxygens (including phenoxy) is 1. The predicted octanol–water partition coefficient (Wildman–Crippen LogP) is 3.45. The molecule has 0 radical (unpaired) electrons. The van der Waals surface area contributed by atoms with E-state index in [1.807, 2.05) is 0 Å². The molecule has 0 saturated carbocycles. The van der Waals surface area contributed by atoms with Crippen LogP contribution in [0.1, 0.15) is 59.8 Å². The van der Waals surface area contributed by atoms with E-state index in [9.17, 15) is 0 Å². The van der Waals surface area contributed by atoms with Crippen LogP contribution in [-0.4, -0.2) is 35.7 Å². The van der Waals surface area contributed by atoms with Gasteiger partial charge >= 0.3 is 0 Å². The minimum absolute atomic E-state index is 0.235. The van der Waals surface area contributed by atoms with Crippen LogP contribution in [0.2, 0.25) is 0 Å². The highest BCUT2D eigenvalue weighted by atomic mass is 16.5. The summed E-state index contributed by atoms with van der Waals surface area (Å²) in [7, 11) is 0. The van der Waals surface area contributed by atoms with Gasteiger partial charge in [0.25, 0.3) is 0 Å². The van der Waals surface area contributed by atoms with Crippen molar-refractivity contribution in [1.82, 2.24) is 4.90 Å². The van der Waals surface area contributed by atoms with Crippen molar-refractivity contribution in [3.63, 3.8) is 0 Å². The van der Waals surface area contributed by atoms with Gasteiger partial charge in [-0.2, -0.15) is 0 Å². The van der Waals surface area contributed by atoms with E-state index >= 15 is 0 Å². The molecule has 2 fully saturated rings. The van der Waals surface area contributed by atoms with Crippen molar-refractivity contribution >= 4 is 0 Å². The topological polar surface area (TPSA) is 12.5 Å². The SMILES string of the molecule is CC(C)C1CC2(CCCCO2)CCN1C(C)C. The Hall–Kier alpha value is -0.0800. The Balaban J connectivity index is 2.07. The molecule has 2 atom stereocenters. The van der Waals surface area contributed by atoms with Crippen LogP contribution in [0.15, 0.2) is 0 Å². The van der Waals surface area contributed by atoms with E-state index in [0.29, 0.717) is 12.1 Å². The van der Waals surface area contributed by atoms with Crippen LogP contribution in [0, 0.1) is 5.92 Å². The molecule has 2 unspecified atom stereocenters. The second-order valence-electron chi connectivity index (χ2n) is 6.59. The molecular formula is C15H29NO. The summed E-state index contributed by atoms with van der Waals surface area (Å²) in [5.74, 6) is 0.736. The van der Waals surface area contributed by atoms with E-state index < -0.39 is 0 Å². The first kappa shape index (κ1) is 13.4. The second kappa shape index (κ2) is 5.27. The number of hydrogen-bond acceptors (Lipinski definition) is 2. The average Bonchev–Trinajstić information content (AvgIpc) is 2.29. The Bertz CT molecular complexity index is 243. The van der Waals surface area contributed by atoms with Gasteiger partial charge in [0, 0.05) is 25.2 Å². The van der Waals surface area contributed by atoms with Crippen LogP contribution >= 0.6 is 0 Å². The Morgan fingerprint density at radius 2 is 1.88 bits per heavy atom. The number of rotatable bonds is 2. The Morgan fingerprint density at radius 1 is 1.12 bits per heavy atom.